The largest absolute Gasteiger partial charge is 0.399 e. The Morgan fingerprint density at radius 3 is 2.81 bits per heavy atom. The van der Waals surface area contributed by atoms with Gasteiger partial charge in [0.15, 0.2) is 0 Å². The van der Waals surface area contributed by atoms with E-state index in [-0.39, 0.29) is 12.3 Å². The fourth-order valence-corrected chi connectivity index (χ4v) is 1.44. The van der Waals surface area contributed by atoms with Crippen molar-refractivity contribution in [2.45, 2.75) is 33.1 Å². The average molecular weight is 224 g/mol. The van der Waals surface area contributed by atoms with Crippen LogP contribution >= 0.6 is 0 Å². The number of Topliss-reactive ketones (excluding diaryl/α,β-unsaturated/α-hetero) is 1. The zero-order valence-electron chi connectivity index (χ0n) is 9.55. The minimum Gasteiger partial charge on any atom is -0.327 e. The molecule has 1 aromatic rings. The van der Waals surface area contributed by atoms with Gasteiger partial charge in [-0.1, -0.05) is 26.7 Å². The van der Waals surface area contributed by atoms with Crippen LogP contribution in [-0.2, 0) is 9.59 Å². The number of hydrogen-bond donors (Lipinski definition) is 0. The Labute approximate surface area is 94.4 Å². The van der Waals surface area contributed by atoms with Crippen molar-refractivity contribution in [3.63, 3.8) is 0 Å². The summed E-state index contributed by atoms with van der Waals surface area (Å²) in [7, 11) is 0. The number of ketones is 1. The lowest BCUT2D eigenvalue weighted by molar-refractivity contribution is -0.154. The lowest BCUT2D eigenvalue weighted by Gasteiger charge is -2.08. The number of imidazole rings is 1. The number of aromatic nitrogens is 2. The van der Waals surface area contributed by atoms with Crippen molar-refractivity contribution in [1.29, 1.82) is 0 Å². The first-order valence-corrected chi connectivity index (χ1v) is 5.37. The van der Waals surface area contributed by atoms with Crippen molar-refractivity contribution >= 4 is 11.8 Å². The summed E-state index contributed by atoms with van der Waals surface area (Å²) in [6, 6.07) is 0. The summed E-state index contributed by atoms with van der Waals surface area (Å²) in [5.41, 5.74) is 0. The van der Waals surface area contributed by atoms with Gasteiger partial charge in [0.2, 0.25) is 5.78 Å². The molecule has 0 aromatic carbocycles. The van der Waals surface area contributed by atoms with Crippen LogP contribution in [0.15, 0.2) is 18.7 Å². The van der Waals surface area contributed by atoms with Crippen molar-refractivity contribution in [2.75, 3.05) is 0 Å². The van der Waals surface area contributed by atoms with Crippen molar-refractivity contribution in [3.8, 4) is 0 Å². The van der Waals surface area contributed by atoms with Crippen molar-refractivity contribution < 1.29 is 14.4 Å². The van der Waals surface area contributed by atoms with Crippen molar-refractivity contribution in [2.24, 2.45) is 5.92 Å². The molecular weight excluding hydrogens is 208 g/mol. The molecule has 0 fully saturated rings. The maximum atomic E-state index is 11.4. The molecule has 0 saturated heterocycles. The van der Waals surface area contributed by atoms with Gasteiger partial charge >= 0.3 is 5.97 Å². The van der Waals surface area contributed by atoms with Gasteiger partial charge in [0, 0.05) is 12.6 Å². The van der Waals surface area contributed by atoms with Gasteiger partial charge < -0.3 is 4.84 Å². The van der Waals surface area contributed by atoms with E-state index in [9.17, 15) is 9.59 Å². The van der Waals surface area contributed by atoms with Gasteiger partial charge in [0.1, 0.15) is 6.33 Å². The van der Waals surface area contributed by atoms with Crippen LogP contribution in [0, 0.1) is 5.92 Å². The standard InChI is InChI=1S/C11H16N2O3/c1-3-4-9(2)7-10(14)11(15)16-13-6-5-12-8-13/h5-6,8-9H,3-4,7H2,1-2H3. The van der Waals surface area contributed by atoms with Gasteiger partial charge in [-0.05, 0) is 5.92 Å². The predicted octanol–water partition coefficient (Wildman–Crippen LogP) is 1.23. The van der Waals surface area contributed by atoms with Crippen LogP contribution in [0.25, 0.3) is 0 Å². The first kappa shape index (κ1) is 12.4. The summed E-state index contributed by atoms with van der Waals surface area (Å²) < 4.78 is 1.12. The SMILES string of the molecule is CCCC(C)CC(=O)C(=O)On1ccnc1. The maximum Gasteiger partial charge on any atom is 0.399 e. The van der Waals surface area contributed by atoms with E-state index >= 15 is 0 Å². The zero-order valence-corrected chi connectivity index (χ0v) is 9.55. The van der Waals surface area contributed by atoms with Gasteiger partial charge in [-0.25, -0.2) is 9.78 Å². The molecule has 1 heterocycles. The molecular formula is C11H16N2O3. The Hall–Kier alpha value is -1.65. The molecule has 0 saturated carbocycles. The Morgan fingerprint density at radius 1 is 1.50 bits per heavy atom. The Kier molecular flexibility index (Phi) is 4.69. The molecule has 1 rings (SSSR count). The molecule has 0 amide bonds. The highest BCUT2D eigenvalue weighted by atomic mass is 16.7. The molecule has 1 atom stereocenters. The van der Waals surface area contributed by atoms with Crippen LogP contribution < -0.4 is 4.84 Å². The molecule has 0 radical (unpaired) electrons. The first-order chi connectivity index (χ1) is 7.63. The number of nitrogens with zero attached hydrogens (tertiary/aromatic N) is 2. The van der Waals surface area contributed by atoms with Crippen LogP contribution in [0.5, 0.6) is 0 Å². The molecule has 0 aliphatic rings. The van der Waals surface area contributed by atoms with E-state index in [1.807, 2.05) is 13.8 Å². The summed E-state index contributed by atoms with van der Waals surface area (Å²) in [5.74, 6) is -1.11. The second-order valence-electron chi connectivity index (χ2n) is 3.82. The lowest BCUT2D eigenvalue weighted by atomic mass is 10.00. The third-order valence-electron chi connectivity index (χ3n) is 2.21. The molecule has 0 aliphatic heterocycles. The van der Waals surface area contributed by atoms with Crippen LogP contribution in [0.2, 0.25) is 0 Å². The third kappa shape index (κ3) is 3.84. The molecule has 5 nitrogen and oxygen atoms in total. The number of carbonyl (C=O) groups excluding carboxylic acids is 2. The third-order valence-corrected chi connectivity index (χ3v) is 2.21. The van der Waals surface area contributed by atoms with Crippen LogP contribution in [0.1, 0.15) is 33.1 Å². The summed E-state index contributed by atoms with van der Waals surface area (Å²) in [6.07, 6.45) is 6.43. The van der Waals surface area contributed by atoms with Gasteiger partial charge in [0.25, 0.3) is 0 Å². The highest BCUT2D eigenvalue weighted by Crippen LogP contribution is 2.10. The molecule has 5 heteroatoms. The summed E-state index contributed by atoms with van der Waals surface area (Å²) in [5, 5.41) is 0. The smallest absolute Gasteiger partial charge is 0.327 e. The molecule has 0 N–H and O–H groups in total. The van der Waals surface area contributed by atoms with E-state index in [4.69, 9.17) is 4.84 Å². The van der Waals surface area contributed by atoms with Gasteiger partial charge in [-0.15, -0.1) is 0 Å². The molecule has 1 aromatic heterocycles. The molecule has 0 spiro atoms. The minimum atomic E-state index is -0.832. The van der Waals surface area contributed by atoms with Gasteiger partial charge in [-0.2, -0.15) is 4.73 Å². The van der Waals surface area contributed by atoms with Gasteiger partial charge in [-0.3, -0.25) is 4.79 Å². The van der Waals surface area contributed by atoms with E-state index in [0.29, 0.717) is 0 Å². The molecule has 0 bridgehead atoms. The fourth-order valence-electron chi connectivity index (χ4n) is 1.44. The first-order valence-electron chi connectivity index (χ1n) is 5.37. The van der Waals surface area contributed by atoms with Crippen LogP contribution in [0.4, 0.5) is 0 Å². The Balaban J connectivity index is 2.39. The highest BCUT2D eigenvalue weighted by Gasteiger charge is 2.19. The van der Waals surface area contributed by atoms with E-state index in [1.54, 1.807) is 0 Å². The Morgan fingerprint density at radius 2 is 2.25 bits per heavy atom. The molecule has 0 aliphatic carbocycles. The number of hydrogen-bond acceptors (Lipinski definition) is 4. The van der Waals surface area contributed by atoms with E-state index in [2.05, 4.69) is 4.98 Å². The summed E-state index contributed by atoms with van der Waals surface area (Å²) >= 11 is 0. The second kappa shape index (κ2) is 6.05. The fraction of sp³-hybridized carbons (Fsp3) is 0.545. The molecule has 1 unspecified atom stereocenters. The lowest BCUT2D eigenvalue weighted by Crippen LogP contribution is -2.27. The minimum absolute atomic E-state index is 0.216. The normalized spacial score (nSPS) is 12.1. The van der Waals surface area contributed by atoms with E-state index < -0.39 is 11.8 Å². The molecule has 16 heavy (non-hydrogen) atoms. The number of carbonyl (C=O) groups is 2. The average Bonchev–Trinajstić information content (AvgIpc) is 2.70. The predicted molar refractivity (Wildman–Crippen MR) is 57.5 cm³/mol. The van der Waals surface area contributed by atoms with Crippen LogP contribution in [-0.4, -0.2) is 21.5 Å². The zero-order chi connectivity index (χ0) is 12.0. The van der Waals surface area contributed by atoms with Crippen LogP contribution in [0.3, 0.4) is 0 Å². The van der Waals surface area contributed by atoms with E-state index in [0.717, 1.165) is 17.6 Å². The summed E-state index contributed by atoms with van der Waals surface area (Å²) in [6.45, 7) is 4.00. The van der Waals surface area contributed by atoms with Crippen molar-refractivity contribution in [1.82, 2.24) is 9.71 Å². The topological polar surface area (TPSA) is 61.2 Å². The maximum absolute atomic E-state index is 11.4. The second-order valence-corrected chi connectivity index (χ2v) is 3.82. The molecule has 88 valence electrons. The monoisotopic (exact) mass is 224 g/mol. The quantitative estimate of drug-likeness (QED) is 0.682. The number of rotatable bonds is 6. The Bertz CT molecular complexity index is 346. The van der Waals surface area contributed by atoms with Crippen molar-refractivity contribution in [3.05, 3.63) is 18.7 Å². The highest BCUT2D eigenvalue weighted by molar-refractivity contribution is 6.33. The van der Waals surface area contributed by atoms with Gasteiger partial charge in [0.05, 0.1) is 6.20 Å². The van der Waals surface area contributed by atoms with E-state index in [1.165, 1.54) is 18.7 Å². The summed E-state index contributed by atoms with van der Waals surface area (Å²) in [4.78, 5) is 31.2.